The van der Waals surface area contributed by atoms with Crippen molar-refractivity contribution in [3.8, 4) is 0 Å². The van der Waals surface area contributed by atoms with Crippen LogP contribution in [0.15, 0.2) is 6.08 Å². The van der Waals surface area contributed by atoms with Crippen LogP contribution in [0, 0.1) is 6.58 Å². The molecule has 60 valence electrons. The maximum atomic E-state index is 10.4. The summed E-state index contributed by atoms with van der Waals surface area (Å²) in [6.07, 6.45) is 1.50. The van der Waals surface area contributed by atoms with Crippen LogP contribution in [0.4, 0.5) is 13.6 Å². The number of hydrogen-bond donors (Lipinski definition) is 0. The predicted molar refractivity (Wildman–Crippen MR) is 26.9 cm³/mol. The Kier molecular flexibility index (Phi) is 28.3. The maximum absolute atomic E-state index is 10.4. The van der Waals surface area contributed by atoms with E-state index in [2.05, 4.69) is 14.6 Å². The van der Waals surface area contributed by atoms with E-state index >= 15 is 0 Å². The van der Waals surface area contributed by atoms with Gasteiger partial charge in [-0.2, -0.15) is 14.6 Å². The van der Waals surface area contributed by atoms with Crippen LogP contribution in [-0.2, 0) is 14.6 Å². The fourth-order valence-electron chi connectivity index (χ4n) is 0.0412. The summed E-state index contributed by atoms with van der Waals surface area (Å²) in [5, 5.41) is 0. The minimum atomic E-state index is -2.51. The van der Waals surface area contributed by atoms with E-state index in [0.29, 0.717) is 0 Å². The molecule has 11 heavy (non-hydrogen) atoms. The topological polar surface area (TPSA) is 27.7 Å². The van der Waals surface area contributed by atoms with Crippen LogP contribution in [0.2, 0.25) is 0 Å². The van der Waals surface area contributed by atoms with Gasteiger partial charge in [0.25, 0.3) is 0 Å². The van der Waals surface area contributed by atoms with Crippen molar-refractivity contribution in [3.63, 3.8) is 0 Å². The van der Waals surface area contributed by atoms with Gasteiger partial charge in [-0.25, -0.2) is 0 Å². The van der Waals surface area contributed by atoms with Crippen LogP contribution >= 0.6 is 0 Å². The second-order valence-corrected chi connectivity index (χ2v) is 0.889. The monoisotopic (exact) mass is 196 g/mol. The zero-order chi connectivity index (χ0) is 8.41. The summed E-state index contributed by atoms with van der Waals surface area (Å²) in [5.41, 5.74) is 0. The van der Waals surface area contributed by atoms with Crippen LogP contribution in [-0.4, -0.2) is 7.32 Å². The molecule has 0 aliphatic carbocycles. The molecule has 3 nitrogen and oxygen atoms in total. The maximum Gasteiger partial charge on any atom is 1.00 e. The van der Waals surface area contributed by atoms with Gasteiger partial charge in [-0.15, -0.1) is 0 Å². The first-order valence-electron chi connectivity index (χ1n) is 2.08. The van der Waals surface area contributed by atoms with Gasteiger partial charge in [0, 0.05) is 0 Å². The second kappa shape index (κ2) is 17.3. The minimum absolute atomic E-state index is 0. The van der Waals surface area contributed by atoms with Gasteiger partial charge in [0.2, 0.25) is 0 Å². The average molecular weight is 196 g/mol. The predicted octanol–water partition coefficient (Wildman–Crippen LogP) is -1.33. The first-order chi connectivity index (χ1) is 4.76. The molecular weight excluding hydrogens is 191 g/mol. The molecule has 0 atom stereocenters. The summed E-state index contributed by atoms with van der Waals surface area (Å²) in [6, 6.07) is 0. The van der Waals surface area contributed by atoms with E-state index in [1.54, 1.807) is 6.92 Å². The molecule has 8 heteroatoms. The molecule has 0 heterocycles. The van der Waals surface area contributed by atoms with E-state index in [1.165, 1.54) is 6.08 Å². The van der Waals surface area contributed by atoms with Crippen LogP contribution in [0.5, 0.6) is 0 Å². The second-order valence-electron chi connectivity index (χ2n) is 0.889. The van der Waals surface area contributed by atoms with Gasteiger partial charge in [0.1, 0.15) is 0 Å². The number of allylic oxidation sites excluding steroid dienone is 1. The van der Waals surface area contributed by atoms with Gasteiger partial charge in [-0.3, -0.25) is 6.08 Å². The molecule has 0 aromatic carbocycles. The molecule has 0 aromatic rings. The van der Waals surface area contributed by atoms with Crippen molar-refractivity contribution >= 4 is 7.32 Å². The van der Waals surface area contributed by atoms with Crippen LogP contribution in [0.3, 0.4) is 0 Å². The molecule has 0 N–H and O–H groups in total. The quantitative estimate of drug-likeness (QED) is 0.413. The van der Waals surface area contributed by atoms with Gasteiger partial charge in [0.15, 0.2) is 0 Å². The Hall–Kier alpha value is 1.11. The summed E-state index contributed by atoms with van der Waals surface area (Å²) in [6.45, 7) is 6.50. The largest absolute Gasteiger partial charge is 1.00 e. The van der Waals surface area contributed by atoms with Crippen LogP contribution in [0.25, 0.3) is 0 Å². The molecule has 0 radical (unpaired) electrons. The van der Waals surface area contributed by atoms with Crippen LogP contribution in [0.1, 0.15) is 6.92 Å². The number of rotatable bonds is 3. The van der Waals surface area contributed by atoms with Crippen molar-refractivity contribution in [3.05, 3.63) is 12.7 Å². The SMILES string of the molecule is FOB(OF)OF.[CH-]=CC.[K+]. The Morgan fingerprint density at radius 2 is 1.36 bits per heavy atom. The molecule has 0 saturated heterocycles. The van der Waals surface area contributed by atoms with Gasteiger partial charge < -0.3 is 6.58 Å². The molecule has 0 bridgehead atoms. The van der Waals surface area contributed by atoms with Crippen molar-refractivity contribution in [1.82, 2.24) is 0 Å². The van der Waals surface area contributed by atoms with E-state index in [9.17, 15) is 13.6 Å². The van der Waals surface area contributed by atoms with Crippen molar-refractivity contribution in [1.29, 1.82) is 0 Å². The normalized spacial score (nSPS) is 6.91. The summed E-state index contributed by atoms with van der Waals surface area (Å²) < 4.78 is 31.3. The van der Waals surface area contributed by atoms with Gasteiger partial charge >= 0.3 is 58.7 Å². The summed E-state index contributed by atoms with van der Waals surface area (Å²) in [4.78, 5) is 7.06. The van der Waals surface area contributed by atoms with E-state index < -0.39 is 7.32 Å². The first-order valence-corrected chi connectivity index (χ1v) is 2.08. The van der Waals surface area contributed by atoms with Crippen molar-refractivity contribution < 1.29 is 79.5 Å². The van der Waals surface area contributed by atoms with E-state index in [0.717, 1.165) is 0 Å². The molecule has 0 saturated carbocycles. The molecule has 0 unspecified atom stereocenters. The standard InChI is InChI=1S/C3H5.BF3O3.K/c1-3-2;2-5-1(6-3)7-4;/h1,3H,2H3;;/q-1;;+1. The summed E-state index contributed by atoms with van der Waals surface area (Å²) in [5.74, 6) is 0. The van der Waals surface area contributed by atoms with E-state index in [1.807, 2.05) is 0 Å². The summed E-state index contributed by atoms with van der Waals surface area (Å²) >= 11 is 0. The summed E-state index contributed by atoms with van der Waals surface area (Å²) in [7, 11) is -2.51. The fourth-order valence-corrected chi connectivity index (χ4v) is 0.0412. The Morgan fingerprint density at radius 3 is 1.36 bits per heavy atom. The molecule has 0 amide bonds. The third-order valence-electron chi connectivity index (χ3n) is 0.218. The average Bonchev–Trinajstić information content (AvgIpc) is 1.93. The van der Waals surface area contributed by atoms with Gasteiger partial charge in [0.05, 0.1) is 0 Å². The number of hydrogen-bond acceptors (Lipinski definition) is 3. The van der Waals surface area contributed by atoms with Crippen LogP contribution < -0.4 is 51.4 Å². The zero-order valence-electron chi connectivity index (χ0n) is 6.09. The zero-order valence-corrected chi connectivity index (χ0v) is 9.21. The molecule has 0 aliphatic rings. The van der Waals surface area contributed by atoms with E-state index in [4.69, 9.17) is 6.58 Å². The third kappa shape index (κ3) is 18.2. The molecule has 0 spiro atoms. The molecule has 0 fully saturated rings. The molecular formula is C3H5BF3KO3. The first kappa shape index (κ1) is 18.0. The molecule has 0 rings (SSSR count). The Morgan fingerprint density at radius 1 is 1.18 bits per heavy atom. The minimum Gasteiger partial charge on any atom is -0.518 e. The van der Waals surface area contributed by atoms with Crippen molar-refractivity contribution in [2.24, 2.45) is 0 Å². The Bertz CT molecular complexity index is 69.3. The molecule has 0 aromatic heterocycles. The van der Waals surface area contributed by atoms with Crippen molar-refractivity contribution in [2.75, 3.05) is 0 Å². The van der Waals surface area contributed by atoms with E-state index in [-0.39, 0.29) is 51.4 Å². The van der Waals surface area contributed by atoms with Crippen molar-refractivity contribution in [2.45, 2.75) is 6.92 Å². The Balaban J connectivity index is -0.000000140. The smallest absolute Gasteiger partial charge is 0.518 e. The van der Waals surface area contributed by atoms with Gasteiger partial charge in [-0.05, 0) is 0 Å². The fraction of sp³-hybridized carbons (Fsp3) is 0.333. The Labute approximate surface area is 105 Å². The number of halogens is 3. The third-order valence-corrected chi connectivity index (χ3v) is 0.218. The molecule has 0 aliphatic heterocycles. The van der Waals surface area contributed by atoms with Gasteiger partial charge in [-0.1, -0.05) is 20.5 Å².